The summed E-state index contributed by atoms with van der Waals surface area (Å²) in [5.74, 6) is 0.412. The molecule has 2 aromatic carbocycles. The third kappa shape index (κ3) is 4.55. The number of carbonyl (C=O) groups excluding carboxylic acids is 2. The van der Waals surface area contributed by atoms with Crippen molar-refractivity contribution in [1.82, 2.24) is 4.90 Å². The molecule has 2 heterocycles. The zero-order valence-electron chi connectivity index (χ0n) is 18.1. The average molecular weight is 442 g/mol. The van der Waals surface area contributed by atoms with E-state index in [0.29, 0.717) is 63.0 Å². The van der Waals surface area contributed by atoms with Gasteiger partial charge in [-0.2, -0.15) is 0 Å². The van der Waals surface area contributed by atoms with Crippen molar-refractivity contribution in [1.29, 1.82) is 0 Å². The average Bonchev–Trinajstić information content (AvgIpc) is 2.83. The molecule has 0 bridgehead atoms. The van der Waals surface area contributed by atoms with E-state index >= 15 is 0 Å². The zero-order valence-corrected chi connectivity index (χ0v) is 18.1. The molecule has 1 fully saturated rings. The molecule has 2 amide bonds. The van der Waals surface area contributed by atoms with Gasteiger partial charge in [-0.3, -0.25) is 9.59 Å². The molecule has 0 aliphatic carbocycles. The van der Waals surface area contributed by atoms with Crippen molar-refractivity contribution < 1.29 is 28.2 Å². The van der Waals surface area contributed by atoms with E-state index in [1.54, 1.807) is 35.2 Å². The number of hydrogen-bond acceptors (Lipinski definition) is 5. The SMILES string of the molecule is CCN(CC(=O)Nc1ccc2c(c1)OCCO2)C(=O)C1(c2ccc(F)cc2)CCOCC1. The molecule has 0 atom stereocenters. The summed E-state index contributed by atoms with van der Waals surface area (Å²) in [6, 6.07) is 11.2. The van der Waals surface area contributed by atoms with Gasteiger partial charge in [-0.15, -0.1) is 0 Å². The lowest BCUT2D eigenvalue weighted by Gasteiger charge is -2.39. The first-order valence-corrected chi connectivity index (χ1v) is 10.8. The molecule has 0 unspecified atom stereocenters. The maximum atomic E-state index is 13.7. The highest BCUT2D eigenvalue weighted by Crippen LogP contribution is 2.37. The topological polar surface area (TPSA) is 77.1 Å². The van der Waals surface area contributed by atoms with Gasteiger partial charge in [0.05, 0.1) is 12.0 Å². The van der Waals surface area contributed by atoms with Crippen LogP contribution in [0.5, 0.6) is 11.5 Å². The minimum atomic E-state index is -0.834. The van der Waals surface area contributed by atoms with E-state index in [1.807, 2.05) is 6.92 Å². The Bertz CT molecular complexity index is 973. The smallest absolute Gasteiger partial charge is 0.243 e. The van der Waals surface area contributed by atoms with Gasteiger partial charge in [0.15, 0.2) is 11.5 Å². The molecule has 1 N–H and O–H groups in total. The van der Waals surface area contributed by atoms with Crippen molar-refractivity contribution in [3.63, 3.8) is 0 Å². The van der Waals surface area contributed by atoms with Crippen LogP contribution >= 0.6 is 0 Å². The normalized spacial score (nSPS) is 16.8. The number of carbonyl (C=O) groups is 2. The molecule has 1 saturated heterocycles. The number of nitrogens with one attached hydrogen (secondary N) is 1. The number of anilines is 1. The fourth-order valence-corrected chi connectivity index (χ4v) is 4.24. The Kier molecular flexibility index (Phi) is 6.60. The fraction of sp³-hybridized carbons (Fsp3) is 0.417. The van der Waals surface area contributed by atoms with Crippen molar-refractivity contribution in [3.05, 3.63) is 53.8 Å². The molecule has 0 saturated carbocycles. The largest absolute Gasteiger partial charge is 0.486 e. The van der Waals surface area contributed by atoms with E-state index in [-0.39, 0.29) is 24.2 Å². The van der Waals surface area contributed by atoms with E-state index in [4.69, 9.17) is 14.2 Å². The number of nitrogens with zero attached hydrogens (tertiary/aromatic N) is 1. The predicted molar refractivity (Wildman–Crippen MR) is 116 cm³/mol. The maximum Gasteiger partial charge on any atom is 0.243 e. The molecule has 0 aromatic heterocycles. The Balaban J connectivity index is 1.49. The molecule has 170 valence electrons. The molecule has 32 heavy (non-hydrogen) atoms. The third-order valence-electron chi connectivity index (χ3n) is 5.98. The van der Waals surface area contributed by atoms with Crippen LogP contribution in [-0.4, -0.2) is 56.2 Å². The molecular weight excluding hydrogens is 415 g/mol. The summed E-state index contributed by atoms with van der Waals surface area (Å²) >= 11 is 0. The van der Waals surface area contributed by atoms with Gasteiger partial charge in [-0.25, -0.2) is 4.39 Å². The third-order valence-corrected chi connectivity index (χ3v) is 5.98. The number of likely N-dealkylation sites (N-methyl/N-ethyl adjacent to an activating group) is 1. The van der Waals surface area contributed by atoms with Crippen LogP contribution in [0.15, 0.2) is 42.5 Å². The van der Waals surface area contributed by atoms with E-state index in [9.17, 15) is 14.0 Å². The lowest BCUT2D eigenvalue weighted by Crippen LogP contribution is -2.51. The quantitative estimate of drug-likeness (QED) is 0.744. The van der Waals surface area contributed by atoms with Gasteiger partial charge in [0, 0.05) is 31.5 Å². The van der Waals surface area contributed by atoms with Gasteiger partial charge in [0.2, 0.25) is 11.8 Å². The first kappa shape index (κ1) is 22.1. The van der Waals surface area contributed by atoms with Crippen molar-refractivity contribution in [3.8, 4) is 11.5 Å². The number of amides is 2. The van der Waals surface area contributed by atoms with Gasteiger partial charge in [-0.05, 0) is 49.6 Å². The van der Waals surface area contributed by atoms with Crippen molar-refractivity contribution >= 4 is 17.5 Å². The number of ether oxygens (including phenoxy) is 3. The predicted octanol–water partition coefficient (Wildman–Crippen LogP) is 3.13. The second-order valence-corrected chi connectivity index (χ2v) is 7.93. The molecule has 0 radical (unpaired) electrons. The summed E-state index contributed by atoms with van der Waals surface area (Å²) < 4.78 is 30.0. The summed E-state index contributed by atoms with van der Waals surface area (Å²) in [7, 11) is 0. The van der Waals surface area contributed by atoms with Crippen LogP contribution in [0, 0.1) is 5.82 Å². The van der Waals surface area contributed by atoms with Crippen LogP contribution in [0.25, 0.3) is 0 Å². The van der Waals surface area contributed by atoms with E-state index in [1.165, 1.54) is 12.1 Å². The standard InChI is InChI=1S/C24H27FN2O5/c1-2-27(16-22(28)26-19-7-8-20-21(15-19)32-14-13-31-20)23(29)24(9-11-30-12-10-24)17-3-5-18(25)6-4-17/h3-8,15H,2,9-14,16H2,1H3,(H,26,28). The van der Waals surface area contributed by atoms with Crippen LogP contribution in [0.4, 0.5) is 10.1 Å². The summed E-state index contributed by atoms with van der Waals surface area (Å²) in [5.41, 5.74) is 0.485. The summed E-state index contributed by atoms with van der Waals surface area (Å²) in [5, 5.41) is 2.83. The second-order valence-electron chi connectivity index (χ2n) is 7.93. The molecule has 2 aliphatic rings. The molecule has 8 heteroatoms. The summed E-state index contributed by atoms with van der Waals surface area (Å²) in [6.45, 7) is 3.94. The van der Waals surface area contributed by atoms with E-state index in [0.717, 1.165) is 5.56 Å². The first-order chi connectivity index (χ1) is 15.5. The van der Waals surface area contributed by atoms with E-state index < -0.39 is 5.41 Å². The highest BCUT2D eigenvalue weighted by molar-refractivity contribution is 5.97. The highest BCUT2D eigenvalue weighted by Gasteiger charge is 2.44. The summed E-state index contributed by atoms with van der Waals surface area (Å²) in [4.78, 5) is 28.0. The van der Waals surface area contributed by atoms with Crippen LogP contribution in [-0.2, 0) is 19.7 Å². The monoisotopic (exact) mass is 442 g/mol. The van der Waals surface area contributed by atoms with Crippen LogP contribution < -0.4 is 14.8 Å². The number of hydrogen-bond donors (Lipinski definition) is 1. The Labute approximate surface area is 186 Å². The van der Waals surface area contributed by atoms with Crippen molar-refractivity contribution in [2.75, 3.05) is 44.8 Å². The maximum absolute atomic E-state index is 13.7. The fourth-order valence-electron chi connectivity index (χ4n) is 4.24. The Morgan fingerprint density at radius 1 is 1.00 bits per heavy atom. The molecule has 4 rings (SSSR count). The lowest BCUT2D eigenvalue weighted by atomic mass is 9.73. The molecule has 7 nitrogen and oxygen atoms in total. The number of rotatable bonds is 6. The van der Waals surface area contributed by atoms with Gasteiger partial charge in [0.25, 0.3) is 0 Å². The number of benzene rings is 2. The molecular formula is C24H27FN2O5. The Morgan fingerprint density at radius 2 is 1.69 bits per heavy atom. The van der Waals surface area contributed by atoms with Crippen molar-refractivity contribution in [2.45, 2.75) is 25.2 Å². The van der Waals surface area contributed by atoms with Crippen LogP contribution in [0.1, 0.15) is 25.3 Å². The Morgan fingerprint density at radius 3 is 2.38 bits per heavy atom. The van der Waals surface area contributed by atoms with Gasteiger partial charge < -0.3 is 24.4 Å². The number of halogens is 1. The molecule has 2 aromatic rings. The van der Waals surface area contributed by atoms with Gasteiger partial charge >= 0.3 is 0 Å². The van der Waals surface area contributed by atoms with Crippen molar-refractivity contribution in [2.24, 2.45) is 0 Å². The van der Waals surface area contributed by atoms with E-state index in [2.05, 4.69) is 5.32 Å². The van der Waals surface area contributed by atoms with Crippen LogP contribution in [0.2, 0.25) is 0 Å². The number of fused-ring (bicyclic) bond motifs is 1. The molecule has 0 spiro atoms. The lowest BCUT2D eigenvalue weighted by molar-refractivity contribution is -0.143. The molecule has 2 aliphatic heterocycles. The van der Waals surface area contributed by atoms with Gasteiger partial charge in [0.1, 0.15) is 19.0 Å². The first-order valence-electron chi connectivity index (χ1n) is 10.8. The zero-order chi connectivity index (χ0) is 22.6. The minimum absolute atomic E-state index is 0.0897. The minimum Gasteiger partial charge on any atom is -0.486 e. The second kappa shape index (κ2) is 9.56. The Hall–Kier alpha value is -3.13. The van der Waals surface area contributed by atoms with Gasteiger partial charge in [-0.1, -0.05) is 12.1 Å². The highest BCUT2D eigenvalue weighted by atomic mass is 19.1. The summed E-state index contributed by atoms with van der Waals surface area (Å²) in [6.07, 6.45) is 0.968. The van der Waals surface area contributed by atoms with Crippen LogP contribution in [0.3, 0.4) is 0 Å².